The van der Waals surface area contributed by atoms with Gasteiger partial charge in [0.1, 0.15) is 11.9 Å². The van der Waals surface area contributed by atoms with Crippen LogP contribution in [0, 0.1) is 13.8 Å². The fourth-order valence-corrected chi connectivity index (χ4v) is 1.93. The molecule has 0 fully saturated rings. The van der Waals surface area contributed by atoms with Crippen LogP contribution in [0.1, 0.15) is 29.2 Å². The number of rotatable bonds is 4. The molecular formula is C12H17NO4. The summed E-state index contributed by atoms with van der Waals surface area (Å²) in [7, 11) is 0. The summed E-state index contributed by atoms with van der Waals surface area (Å²) in [5.74, 6) is -0.578. The number of phenolic OH excluding ortho intramolecular Hbond substituents is 1. The molecule has 0 aliphatic carbocycles. The number of aliphatic hydroxyl groups is 2. The summed E-state index contributed by atoms with van der Waals surface area (Å²) >= 11 is 0. The molecule has 1 rings (SSSR count). The van der Waals surface area contributed by atoms with Gasteiger partial charge in [-0.05, 0) is 42.7 Å². The van der Waals surface area contributed by atoms with E-state index in [1.54, 1.807) is 13.8 Å². The Morgan fingerprint density at radius 1 is 1.29 bits per heavy atom. The number of aliphatic hydroxyl groups excluding tert-OH is 2. The van der Waals surface area contributed by atoms with E-state index in [4.69, 9.17) is 5.73 Å². The summed E-state index contributed by atoms with van der Waals surface area (Å²) < 4.78 is 0. The molecule has 0 aliphatic rings. The fourth-order valence-electron chi connectivity index (χ4n) is 1.93. The van der Waals surface area contributed by atoms with Crippen LogP contribution in [-0.4, -0.2) is 27.3 Å². The summed E-state index contributed by atoms with van der Waals surface area (Å²) in [6, 6.07) is 2.98. The first-order valence-corrected chi connectivity index (χ1v) is 5.27. The van der Waals surface area contributed by atoms with Crippen molar-refractivity contribution in [3.8, 4) is 5.75 Å². The Morgan fingerprint density at radius 3 is 2.18 bits per heavy atom. The van der Waals surface area contributed by atoms with E-state index in [0.29, 0.717) is 16.7 Å². The first-order chi connectivity index (χ1) is 7.82. The van der Waals surface area contributed by atoms with Crippen molar-refractivity contribution in [2.45, 2.75) is 32.5 Å². The second-order valence-electron chi connectivity index (χ2n) is 4.18. The van der Waals surface area contributed by atoms with Gasteiger partial charge in [-0.1, -0.05) is 0 Å². The molecule has 0 radical (unpaired) electrons. The maximum Gasteiger partial charge on any atom is 0.220 e. The summed E-state index contributed by atoms with van der Waals surface area (Å²) in [6.07, 6.45) is -2.74. The molecule has 0 heterocycles. The molecule has 2 unspecified atom stereocenters. The summed E-state index contributed by atoms with van der Waals surface area (Å²) in [5, 5.41) is 29.0. The van der Waals surface area contributed by atoms with Crippen LogP contribution >= 0.6 is 0 Å². The number of nitrogens with two attached hydrogens (primary N) is 1. The minimum atomic E-state index is -1.24. The molecule has 5 nitrogen and oxygen atoms in total. The molecule has 1 aromatic rings. The van der Waals surface area contributed by atoms with Gasteiger partial charge < -0.3 is 21.1 Å². The van der Waals surface area contributed by atoms with Crippen molar-refractivity contribution >= 4 is 5.91 Å². The van der Waals surface area contributed by atoms with E-state index < -0.39 is 18.1 Å². The zero-order chi connectivity index (χ0) is 13.2. The van der Waals surface area contributed by atoms with E-state index in [9.17, 15) is 20.1 Å². The Balaban J connectivity index is 3.03. The highest BCUT2D eigenvalue weighted by molar-refractivity contribution is 5.74. The molecule has 0 aliphatic heterocycles. The molecule has 0 spiro atoms. The maximum atomic E-state index is 10.7. The molecule has 0 saturated carbocycles. The zero-order valence-corrected chi connectivity index (χ0v) is 9.84. The van der Waals surface area contributed by atoms with E-state index in [0.717, 1.165) is 0 Å². The van der Waals surface area contributed by atoms with Crippen LogP contribution in [0.3, 0.4) is 0 Å². The van der Waals surface area contributed by atoms with Gasteiger partial charge in [0.15, 0.2) is 0 Å². The molecular weight excluding hydrogens is 222 g/mol. The van der Waals surface area contributed by atoms with Crippen molar-refractivity contribution in [3.63, 3.8) is 0 Å². The van der Waals surface area contributed by atoms with Gasteiger partial charge in [-0.2, -0.15) is 0 Å². The van der Waals surface area contributed by atoms with Crippen LogP contribution in [0.25, 0.3) is 0 Å². The lowest BCUT2D eigenvalue weighted by molar-refractivity contribution is -0.121. The highest BCUT2D eigenvalue weighted by Crippen LogP contribution is 2.28. The number of hydrogen-bond donors (Lipinski definition) is 4. The topological polar surface area (TPSA) is 104 Å². The first-order valence-electron chi connectivity index (χ1n) is 5.27. The number of carbonyl (C=O) groups excluding carboxylic acids is 1. The number of benzene rings is 1. The summed E-state index contributed by atoms with van der Waals surface area (Å²) in [6.45, 7) is 3.42. The lowest BCUT2D eigenvalue weighted by Gasteiger charge is -2.21. The van der Waals surface area contributed by atoms with Crippen molar-refractivity contribution in [1.82, 2.24) is 0 Å². The van der Waals surface area contributed by atoms with Gasteiger partial charge >= 0.3 is 0 Å². The van der Waals surface area contributed by atoms with Crippen LogP contribution < -0.4 is 5.73 Å². The molecule has 0 aromatic heterocycles. The molecule has 0 bridgehead atoms. The Morgan fingerprint density at radius 2 is 1.76 bits per heavy atom. The minimum absolute atomic E-state index is 0.0975. The van der Waals surface area contributed by atoms with Crippen LogP contribution in [0.4, 0.5) is 0 Å². The van der Waals surface area contributed by atoms with Crippen molar-refractivity contribution in [3.05, 3.63) is 28.8 Å². The van der Waals surface area contributed by atoms with Crippen LogP contribution in [0.5, 0.6) is 5.75 Å². The molecule has 1 amide bonds. The van der Waals surface area contributed by atoms with Gasteiger partial charge in [0, 0.05) is 0 Å². The molecule has 94 valence electrons. The van der Waals surface area contributed by atoms with Crippen molar-refractivity contribution < 1.29 is 20.1 Å². The number of phenols is 1. The van der Waals surface area contributed by atoms with Gasteiger partial charge in [-0.15, -0.1) is 0 Å². The fraction of sp³-hybridized carbons (Fsp3) is 0.417. The van der Waals surface area contributed by atoms with Crippen LogP contribution in [0.15, 0.2) is 12.1 Å². The van der Waals surface area contributed by atoms with Crippen molar-refractivity contribution in [2.75, 3.05) is 0 Å². The van der Waals surface area contributed by atoms with E-state index in [-0.39, 0.29) is 12.2 Å². The second-order valence-corrected chi connectivity index (χ2v) is 4.18. The number of amides is 1. The number of primary amides is 1. The minimum Gasteiger partial charge on any atom is -0.508 e. The van der Waals surface area contributed by atoms with Gasteiger partial charge in [-0.25, -0.2) is 0 Å². The third kappa shape index (κ3) is 3.18. The SMILES string of the molecule is Cc1cc(O)cc(C)c1C(O)C(O)CC(N)=O. The Bertz CT molecular complexity index is 408. The van der Waals surface area contributed by atoms with Gasteiger partial charge in [0.2, 0.25) is 5.91 Å². The van der Waals surface area contributed by atoms with Gasteiger partial charge in [-0.3, -0.25) is 4.79 Å². The maximum absolute atomic E-state index is 10.7. The predicted molar refractivity (Wildman–Crippen MR) is 62.4 cm³/mol. The largest absolute Gasteiger partial charge is 0.508 e. The van der Waals surface area contributed by atoms with E-state index in [2.05, 4.69) is 0 Å². The molecule has 2 atom stereocenters. The Hall–Kier alpha value is -1.59. The van der Waals surface area contributed by atoms with E-state index in [1.165, 1.54) is 12.1 Å². The van der Waals surface area contributed by atoms with Crippen molar-refractivity contribution in [2.24, 2.45) is 5.73 Å². The molecule has 1 aromatic carbocycles. The smallest absolute Gasteiger partial charge is 0.220 e. The summed E-state index contributed by atoms with van der Waals surface area (Å²) in [5.41, 5.74) is 6.77. The highest BCUT2D eigenvalue weighted by Gasteiger charge is 2.23. The van der Waals surface area contributed by atoms with Gasteiger partial charge in [0.25, 0.3) is 0 Å². The third-order valence-electron chi connectivity index (χ3n) is 2.65. The number of hydrogen-bond acceptors (Lipinski definition) is 4. The van der Waals surface area contributed by atoms with E-state index in [1.807, 2.05) is 0 Å². The molecule has 17 heavy (non-hydrogen) atoms. The zero-order valence-electron chi connectivity index (χ0n) is 9.84. The first kappa shape index (κ1) is 13.5. The molecule has 5 heteroatoms. The number of aryl methyl sites for hydroxylation is 2. The third-order valence-corrected chi connectivity index (χ3v) is 2.65. The lowest BCUT2D eigenvalue weighted by atomic mass is 9.93. The standard InChI is InChI=1S/C12H17NO4/c1-6-3-8(14)4-7(2)11(6)12(17)9(15)5-10(13)16/h3-4,9,12,14-15,17H,5H2,1-2H3,(H2,13,16). The van der Waals surface area contributed by atoms with Gasteiger partial charge in [0.05, 0.1) is 12.5 Å². The predicted octanol–water partition coefficient (Wildman–Crippen LogP) is 0.279. The number of carbonyl (C=O) groups is 1. The lowest BCUT2D eigenvalue weighted by Crippen LogP contribution is -2.26. The Kier molecular flexibility index (Phi) is 4.09. The molecule has 0 saturated heterocycles. The second kappa shape index (κ2) is 5.16. The average Bonchev–Trinajstić information content (AvgIpc) is 2.14. The average molecular weight is 239 g/mol. The van der Waals surface area contributed by atoms with Crippen LogP contribution in [-0.2, 0) is 4.79 Å². The monoisotopic (exact) mass is 239 g/mol. The molecule has 5 N–H and O–H groups in total. The highest BCUT2D eigenvalue weighted by atomic mass is 16.3. The summed E-state index contributed by atoms with van der Waals surface area (Å²) in [4.78, 5) is 10.7. The van der Waals surface area contributed by atoms with E-state index >= 15 is 0 Å². The number of aromatic hydroxyl groups is 1. The Labute approximate surface area is 99.5 Å². The normalized spacial score (nSPS) is 14.4. The van der Waals surface area contributed by atoms with Crippen LogP contribution in [0.2, 0.25) is 0 Å². The van der Waals surface area contributed by atoms with Crippen molar-refractivity contribution in [1.29, 1.82) is 0 Å². The quantitative estimate of drug-likeness (QED) is 0.605.